The molecule has 0 unspecified atom stereocenters. The van der Waals surface area contributed by atoms with Gasteiger partial charge in [0.15, 0.2) is 0 Å². The van der Waals surface area contributed by atoms with E-state index in [1.165, 1.54) is 0 Å². The second kappa shape index (κ2) is 17.1. The van der Waals surface area contributed by atoms with E-state index >= 15 is 0 Å². The first-order chi connectivity index (χ1) is 1.41. The minimum Gasteiger partial charge on any atom is -1.00 e. The van der Waals surface area contributed by atoms with Crippen LogP contribution >= 0.6 is 8.01 Å². The average Bonchev–Trinajstić information content (AvgIpc) is 0.918. The molecule has 0 N–H and O–H groups in total. The summed E-state index contributed by atoms with van der Waals surface area (Å²) in [5.41, 5.74) is 0. The predicted molar refractivity (Wildman–Crippen MR) is 18.7 cm³/mol. The third kappa shape index (κ3) is 25.9. The summed E-state index contributed by atoms with van der Waals surface area (Å²) < 4.78 is 8.96. The Morgan fingerprint density at radius 1 is 1.80 bits per heavy atom. The molecule has 0 aromatic heterocycles. The van der Waals surface area contributed by atoms with Crippen molar-refractivity contribution in [3.05, 3.63) is 0 Å². The first kappa shape index (κ1) is 15.8. The van der Waals surface area contributed by atoms with Crippen molar-refractivity contribution in [1.82, 2.24) is 0 Å². The molecule has 0 heterocycles. The van der Waals surface area contributed by atoms with Crippen LogP contribution in [0.2, 0.25) is 0 Å². The van der Waals surface area contributed by atoms with Crippen LogP contribution in [0, 0.1) is 0 Å². The Morgan fingerprint density at radius 2 is 1.80 bits per heavy atom. The van der Waals surface area contributed by atoms with E-state index in [1.54, 1.807) is 0 Å². The van der Waals surface area contributed by atoms with Gasteiger partial charge in [-0.05, 0) is 0 Å². The molecular weight excluding hydrogens is 173 g/mol. The van der Waals surface area contributed by atoms with E-state index in [9.17, 15) is 0 Å². The van der Waals surface area contributed by atoms with Gasteiger partial charge in [-0.3, -0.25) is 4.57 Å². The van der Waals surface area contributed by atoms with Gasteiger partial charge in [0.2, 0.25) is 0 Å². The maximum absolute atomic E-state index is 8.96. The van der Waals surface area contributed by atoms with Crippen molar-refractivity contribution in [3.8, 4) is 0 Å². The standard InChI is InChI=1S/Li.H3OPSi.Zr.H/c;1-2-3;;/h;3H3;;/q+1;;;-1. The van der Waals surface area contributed by atoms with Crippen LogP contribution in [0.25, 0.3) is 0 Å². The van der Waals surface area contributed by atoms with Crippen LogP contribution < -0.4 is 18.9 Å². The number of hydrogen-bond donors (Lipinski definition) is 0. The van der Waals surface area contributed by atoms with Gasteiger partial charge < -0.3 is 1.43 Å². The summed E-state index contributed by atoms with van der Waals surface area (Å²) in [5.74, 6) is 0. The predicted octanol–water partition coefficient (Wildman–Crippen LogP) is -3.33. The fourth-order valence-electron chi connectivity index (χ4n) is 0. The van der Waals surface area contributed by atoms with Gasteiger partial charge in [0.25, 0.3) is 0 Å². The topological polar surface area (TPSA) is 17.1 Å². The molecule has 0 fully saturated rings. The molecule has 0 aliphatic rings. The third-order valence-electron chi connectivity index (χ3n) is 0. The van der Waals surface area contributed by atoms with Gasteiger partial charge in [-0.1, -0.05) is 0 Å². The number of rotatable bonds is 0. The summed E-state index contributed by atoms with van der Waals surface area (Å²) in [7, 11) is 1.09. The molecule has 0 radical (unpaired) electrons. The average molecular weight is 177 g/mol. The van der Waals surface area contributed by atoms with Crippen LogP contribution in [-0.2, 0) is 30.8 Å². The van der Waals surface area contributed by atoms with Crippen molar-refractivity contribution < 1.29 is 51.1 Å². The zero-order valence-corrected chi connectivity index (χ0v) is 8.71. The molecule has 5 heteroatoms. The van der Waals surface area contributed by atoms with Gasteiger partial charge in [0.05, 0.1) is 0 Å². The van der Waals surface area contributed by atoms with Crippen molar-refractivity contribution in [1.29, 1.82) is 0 Å². The molecule has 0 saturated heterocycles. The summed E-state index contributed by atoms with van der Waals surface area (Å²) in [6.07, 6.45) is 0. The largest absolute Gasteiger partial charge is 1.00 e. The minimum atomic E-state index is 0. The maximum atomic E-state index is 8.96. The molecule has 0 aromatic rings. The van der Waals surface area contributed by atoms with E-state index in [-0.39, 0.29) is 46.5 Å². The fraction of sp³-hybridized carbons (Fsp3) is 0. The van der Waals surface area contributed by atoms with Crippen molar-refractivity contribution in [3.63, 3.8) is 0 Å². The summed E-state index contributed by atoms with van der Waals surface area (Å²) in [5, 5.41) is 0. The molecule has 0 bridgehead atoms. The zero-order chi connectivity index (χ0) is 2.71. The minimum absolute atomic E-state index is 0. The van der Waals surface area contributed by atoms with E-state index < -0.39 is 0 Å². The van der Waals surface area contributed by atoms with Crippen molar-refractivity contribution in [2.75, 3.05) is 0 Å². The normalized spacial score (nSPS) is 4.80. The van der Waals surface area contributed by atoms with Gasteiger partial charge in [-0.2, -0.15) is 0 Å². The van der Waals surface area contributed by atoms with E-state index in [4.69, 9.17) is 4.57 Å². The molecule has 0 aromatic carbocycles. The summed E-state index contributed by atoms with van der Waals surface area (Å²) in [4.78, 5) is 0. The van der Waals surface area contributed by atoms with Gasteiger partial charge >= 0.3 is 18.9 Å². The van der Waals surface area contributed by atoms with Gasteiger partial charge in [-0.15, -0.1) is 0 Å². The molecule has 0 rings (SSSR count). The molecule has 5 heavy (non-hydrogen) atoms. The van der Waals surface area contributed by atoms with Crippen LogP contribution in [0.1, 0.15) is 1.43 Å². The van der Waals surface area contributed by atoms with Crippen molar-refractivity contribution in [2.24, 2.45) is 0 Å². The van der Waals surface area contributed by atoms with Crippen molar-refractivity contribution in [2.45, 2.75) is 0 Å². The Balaban J connectivity index is -0.00000000667. The van der Waals surface area contributed by atoms with Crippen LogP contribution in [0.5, 0.6) is 0 Å². The van der Waals surface area contributed by atoms with Crippen LogP contribution in [0.15, 0.2) is 0 Å². The van der Waals surface area contributed by atoms with Crippen LogP contribution in [0.4, 0.5) is 0 Å². The molecule has 0 spiro atoms. The van der Waals surface area contributed by atoms with E-state index in [2.05, 4.69) is 0 Å². The quantitative estimate of drug-likeness (QED) is 0.279. The van der Waals surface area contributed by atoms with E-state index in [0.717, 1.165) is 9.91 Å². The smallest absolute Gasteiger partial charge is 1.00 e. The van der Waals surface area contributed by atoms with Gasteiger partial charge in [0, 0.05) is 26.2 Å². The second-order valence-electron chi connectivity index (χ2n) is 0.183. The number of hydrogen-bond acceptors (Lipinski definition) is 1. The van der Waals surface area contributed by atoms with Crippen LogP contribution in [-0.4, -0.2) is 9.91 Å². The first-order valence-electron chi connectivity index (χ1n) is 0.630. The van der Waals surface area contributed by atoms with E-state index in [0.29, 0.717) is 8.01 Å². The monoisotopic (exact) mass is 176 g/mol. The molecule has 0 aliphatic carbocycles. The fourth-order valence-corrected chi connectivity index (χ4v) is 0. The Labute approximate surface area is 68.5 Å². The van der Waals surface area contributed by atoms with Gasteiger partial charge in [-0.25, -0.2) is 0 Å². The van der Waals surface area contributed by atoms with Gasteiger partial charge in [0.1, 0.15) is 17.9 Å². The summed E-state index contributed by atoms with van der Waals surface area (Å²) in [6, 6.07) is 0. The molecule has 24 valence electrons. The second-order valence-corrected chi connectivity index (χ2v) is 1.64. The molecular formula is H4LiOPSiZr. The van der Waals surface area contributed by atoms with Crippen LogP contribution in [0.3, 0.4) is 0 Å². The molecule has 1 nitrogen and oxygen atoms in total. The maximum Gasteiger partial charge on any atom is 1.00 e. The third-order valence-corrected chi connectivity index (χ3v) is 0. The Kier molecular flexibility index (Phi) is 54.0. The Bertz CT molecular complexity index is 23.0. The molecule has 0 saturated carbocycles. The molecule has 0 aliphatic heterocycles. The van der Waals surface area contributed by atoms with Crippen molar-refractivity contribution >= 4 is 17.9 Å². The first-order valence-corrected chi connectivity index (χ1v) is 4.57. The Morgan fingerprint density at radius 3 is 1.80 bits per heavy atom. The molecule has 0 atom stereocenters. The summed E-state index contributed by atoms with van der Waals surface area (Å²) >= 11 is 0. The summed E-state index contributed by atoms with van der Waals surface area (Å²) in [6.45, 7) is 0. The SMILES string of the molecule is O=P[SiH3].[H-].[Li+].[Zr]. The van der Waals surface area contributed by atoms with E-state index in [1.807, 2.05) is 0 Å². The Hall–Kier alpha value is 1.80. The molecule has 0 amide bonds. The zero-order valence-electron chi connectivity index (χ0n) is 4.36.